The van der Waals surface area contributed by atoms with Crippen molar-refractivity contribution < 1.29 is 14.2 Å². The molecule has 144 valence electrons. The molecule has 2 fully saturated rings. The first kappa shape index (κ1) is 19.7. The lowest BCUT2D eigenvalue weighted by Crippen LogP contribution is -2.58. The maximum Gasteiger partial charge on any atom is 0.217 e. The van der Waals surface area contributed by atoms with Crippen molar-refractivity contribution in [3.63, 3.8) is 0 Å². The zero-order valence-electron chi connectivity index (χ0n) is 16.2. The zero-order valence-corrected chi connectivity index (χ0v) is 16.2. The fraction of sp³-hybridized carbons (Fsp3) is 0.524. The summed E-state index contributed by atoms with van der Waals surface area (Å²) in [5, 5.41) is 38.6. The zero-order chi connectivity index (χ0) is 20.6. The lowest BCUT2D eigenvalue weighted by molar-refractivity contribution is -0.280. The molecule has 0 aliphatic carbocycles. The summed E-state index contributed by atoms with van der Waals surface area (Å²) in [6.07, 6.45) is 0.211. The van der Waals surface area contributed by atoms with E-state index in [0.717, 1.165) is 6.42 Å². The van der Waals surface area contributed by atoms with Crippen LogP contribution in [0, 0.1) is 56.2 Å². The van der Waals surface area contributed by atoms with Crippen molar-refractivity contribution in [1.29, 1.82) is 21.2 Å². The number of fused-ring (bicyclic) bond motifs is 2. The van der Waals surface area contributed by atoms with Gasteiger partial charge in [0.25, 0.3) is 0 Å². The number of nitriles is 3. The molecule has 7 nitrogen and oxygen atoms in total. The van der Waals surface area contributed by atoms with Crippen LogP contribution >= 0.6 is 0 Å². The molecule has 2 bridgehead atoms. The number of hydrogen-bond donors (Lipinski definition) is 1. The third kappa shape index (κ3) is 2.25. The lowest BCUT2D eigenvalue weighted by Gasteiger charge is -2.48. The largest absolute Gasteiger partial charge is 0.494 e. The molecule has 2 heterocycles. The van der Waals surface area contributed by atoms with Crippen LogP contribution in [0.3, 0.4) is 0 Å². The van der Waals surface area contributed by atoms with Gasteiger partial charge in [-0.2, -0.15) is 15.8 Å². The van der Waals surface area contributed by atoms with Crippen LogP contribution in [0.4, 0.5) is 0 Å². The molecular formula is C21H22N4O3. The van der Waals surface area contributed by atoms with Crippen LogP contribution in [0.5, 0.6) is 5.75 Å². The maximum atomic E-state index is 10.1. The van der Waals surface area contributed by atoms with Gasteiger partial charge in [-0.25, -0.2) is 0 Å². The molecule has 0 aromatic heterocycles. The molecule has 2 aliphatic rings. The summed E-state index contributed by atoms with van der Waals surface area (Å²) in [4.78, 5) is 0. The standard InChI is InChI=1S/C21H22N4O3/c1-4-10-26-16-8-6-15(7-9-16)17-19(11-22,12-23)20(13-24)14(3)21(5-2,27-17)28-18(20)25/h6-9,14,17,25H,4-5,10H2,1-3H3. The molecule has 4 unspecified atom stereocenters. The highest BCUT2D eigenvalue weighted by Crippen LogP contribution is 2.66. The molecule has 4 atom stereocenters. The van der Waals surface area contributed by atoms with Crippen molar-refractivity contribution in [2.75, 3.05) is 6.61 Å². The van der Waals surface area contributed by atoms with E-state index in [1.807, 2.05) is 26.0 Å². The molecule has 0 amide bonds. The van der Waals surface area contributed by atoms with Gasteiger partial charge in [0.15, 0.2) is 5.41 Å². The summed E-state index contributed by atoms with van der Waals surface area (Å²) in [5.74, 6) is -1.59. The van der Waals surface area contributed by atoms with E-state index in [-0.39, 0.29) is 5.90 Å². The quantitative estimate of drug-likeness (QED) is 0.830. The van der Waals surface area contributed by atoms with E-state index >= 15 is 0 Å². The average Bonchev–Trinajstić information content (AvgIpc) is 2.88. The molecule has 2 saturated heterocycles. The average molecular weight is 378 g/mol. The smallest absolute Gasteiger partial charge is 0.217 e. The van der Waals surface area contributed by atoms with E-state index in [1.165, 1.54) is 0 Å². The molecule has 1 N–H and O–H groups in total. The summed E-state index contributed by atoms with van der Waals surface area (Å²) in [7, 11) is 0. The summed E-state index contributed by atoms with van der Waals surface area (Å²) < 4.78 is 17.5. The van der Waals surface area contributed by atoms with E-state index in [9.17, 15) is 15.8 Å². The molecule has 0 radical (unpaired) electrons. The Balaban J connectivity index is 2.16. The highest BCUT2D eigenvalue weighted by Gasteiger charge is 2.78. The second kappa shape index (κ2) is 6.82. The minimum absolute atomic E-state index is 0.376. The SMILES string of the molecule is CCCOc1ccc(C2OC3(CC)OC(=N)C(C#N)(C3C)C2(C#N)C#N)cc1. The van der Waals surface area contributed by atoms with Crippen molar-refractivity contribution in [3.8, 4) is 24.0 Å². The number of rotatable bonds is 5. The predicted molar refractivity (Wildman–Crippen MR) is 98.8 cm³/mol. The van der Waals surface area contributed by atoms with Gasteiger partial charge in [0, 0.05) is 6.42 Å². The monoisotopic (exact) mass is 378 g/mol. The number of nitrogens with one attached hydrogen (secondary N) is 1. The Labute approximate surface area is 164 Å². The Morgan fingerprint density at radius 1 is 1.11 bits per heavy atom. The minimum Gasteiger partial charge on any atom is -0.494 e. The summed E-state index contributed by atoms with van der Waals surface area (Å²) in [6.45, 7) is 6.13. The van der Waals surface area contributed by atoms with Gasteiger partial charge in [0.1, 0.15) is 11.9 Å². The Morgan fingerprint density at radius 2 is 1.75 bits per heavy atom. The predicted octanol–water partition coefficient (Wildman–Crippen LogP) is 3.84. The summed E-state index contributed by atoms with van der Waals surface area (Å²) in [5.41, 5.74) is -3.07. The van der Waals surface area contributed by atoms with Crippen LogP contribution in [0.1, 0.15) is 45.3 Å². The van der Waals surface area contributed by atoms with Gasteiger partial charge in [0.05, 0.1) is 30.7 Å². The third-order valence-electron chi connectivity index (χ3n) is 5.95. The van der Waals surface area contributed by atoms with Gasteiger partial charge in [-0.15, -0.1) is 0 Å². The fourth-order valence-corrected chi connectivity index (χ4v) is 4.30. The highest BCUT2D eigenvalue weighted by atomic mass is 16.7. The fourth-order valence-electron chi connectivity index (χ4n) is 4.30. The van der Waals surface area contributed by atoms with Gasteiger partial charge in [-0.1, -0.05) is 32.9 Å². The van der Waals surface area contributed by atoms with E-state index in [2.05, 4.69) is 6.07 Å². The molecule has 28 heavy (non-hydrogen) atoms. The van der Waals surface area contributed by atoms with Crippen LogP contribution in [-0.4, -0.2) is 18.3 Å². The van der Waals surface area contributed by atoms with E-state index in [4.69, 9.17) is 19.6 Å². The number of hydrogen-bond acceptors (Lipinski definition) is 7. The van der Waals surface area contributed by atoms with Crippen molar-refractivity contribution in [3.05, 3.63) is 29.8 Å². The number of benzene rings is 1. The van der Waals surface area contributed by atoms with Crippen molar-refractivity contribution in [1.82, 2.24) is 0 Å². The van der Waals surface area contributed by atoms with Crippen LogP contribution in [0.15, 0.2) is 24.3 Å². The molecule has 0 spiro atoms. The maximum absolute atomic E-state index is 10.1. The van der Waals surface area contributed by atoms with Crippen molar-refractivity contribution in [2.24, 2.45) is 16.7 Å². The van der Waals surface area contributed by atoms with Gasteiger partial charge in [-0.3, -0.25) is 5.41 Å². The first-order valence-electron chi connectivity index (χ1n) is 9.33. The second-order valence-corrected chi connectivity index (χ2v) is 7.19. The molecule has 1 aromatic rings. The second-order valence-electron chi connectivity index (χ2n) is 7.19. The van der Waals surface area contributed by atoms with Gasteiger partial charge >= 0.3 is 0 Å². The molecular weight excluding hydrogens is 356 g/mol. The molecule has 3 rings (SSSR count). The first-order chi connectivity index (χ1) is 13.4. The normalized spacial score (nSPS) is 32.5. The van der Waals surface area contributed by atoms with E-state index < -0.39 is 28.6 Å². The molecule has 7 heteroatoms. The minimum atomic E-state index is -1.92. The summed E-state index contributed by atoms with van der Waals surface area (Å²) in [6, 6.07) is 13.1. The Hall–Kier alpha value is -3.08. The van der Waals surface area contributed by atoms with E-state index in [1.54, 1.807) is 31.2 Å². The molecule has 2 aliphatic heterocycles. The topological polar surface area (TPSA) is 123 Å². The lowest BCUT2D eigenvalue weighted by atomic mass is 9.53. The van der Waals surface area contributed by atoms with Crippen molar-refractivity contribution >= 4 is 5.90 Å². The van der Waals surface area contributed by atoms with E-state index in [0.29, 0.717) is 24.3 Å². The molecule has 1 aromatic carbocycles. The third-order valence-corrected chi connectivity index (χ3v) is 5.95. The van der Waals surface area contributed by atoms with Crippen molar-refractivity contribution in [2.45, 2.75) is 45.5 Å². The Morgan fingerprint density at radius 3 is 2.25 bits per heavy atom. The highest BCUT2D eigenvalue weighted by molar-refractivity contribution is 5.89. The summed E-state index contributed by atoms with van der Waals surface area (Å²) >= 11 is 0. The van der Waals surface area contributed by atoms with Crippen LogP contribution in [-0.2, 0) is 9.47 Å². The van der Waals surface area contributed by atoms with Gasteiger partial charge < -0.3 is 14.2 Å². The first-order valence-corrected chi connectivity index (χ1v) is 9.33. The van der Waals surface area contributed by atoms with Crippen LogP contribution in [0.25, 0.3) is 0 Å². The van der Waals surface area contributed by atoms with Crippen LogP contribution in [0.2, 0.25) is 0 Å². The molecule has 0 saturated carbocycles. The van der Waals surface area contributed by atoms with Crippen LogP contribution < -0.4 is 4.74 Å². The van der Waals surface area contributed by atoms with Gasteiger partial charge in [0.2, 0.25) is 17.1 Å². The number of nitrogens with zero attached hydrogens (tertiary/aromatic N) is 3. The number of ether oxygens (including phenoxy) is 3. The Kier molecular flexibility index (Phi) is 4.79. The Bertz CT molecular complexity index is 894. The van der Waals surface area contributed by atoms with Gasteiger partial charge in [-0.05, 0) is 24.1 Å².